The van der Waals surface area contributed by atoms with Crippen LogP contribution < -0.4 is 14.4 Å². The van der Waals surface area contributed by atoms with Crippen LogP contribution in [0.1, 0.15) is 30.6 Å². The topological polar surface area (TPSA) is 102 Å². The molecule has 0 heterocycles. The molecular formula is C21H26N2O6S. The minimum Gasteiger partial charge on any atom is -0.497 e. The Labute approximate surface area is 176 Å². The van der Waals surface area contributed by atoms with Crippen LogP contribution in [0.5, 0.6) is 5.75 Å². The van der Waals surface area contributed by atoms with E-state index in [-0.39, 0.29) is 24.3 Å². The van der Waals surface area contributed by atoms with Crippen LogP contribution in [0, 0.1) is 0 Å². The molecule has 0 saturated heterocycles. The lowest BCUT2D eigenvalue weighted by molar-refractivity contribution is -0.117. The first-order chi connectivity index (χ1) is 14.2. The Morgan fingerprint density at radius 1 is 1.10 bits per heavy atom. The van der Waals surface area contributed by atoms with Crippen LogP contribution in [0.25, 0.3) is 0 Å². The Morgan fingerprint density at radius 3 is 2.40 bits per heavy atom. The molecule has 2 rings (SSSR count). The van der Waals surface area contributed by atoms with Gasteiger partial charge < -0.3 is 14.8 Å². The van der Waals surface area contributed by atoms with Gasteiger partial charge in [0, 0.05) is 6.07 Å². The minimum absolute atomic E-state index is 0.190. The van der Waals surface area contributed by atoms with E-state index in [1.165, 1.54) is 13.2 Å². The third kappa shape index (κ3) is 5.50. The van der Waals surface area contributed by atoms with Gasteiger partial charge in [-0.25, -0.2) is 13.2 Å². The Balaban J connectivity index is 2.41. The van der Waals surface area contributed by atoms with Crippen LogP contribution >= 0.6 is 0 Å². The maximum absolute atomic E-state index is 13.1. The van der Waals surface area contributed by atoms with Crippen LogP contribution in [0.15, 0.2) is 48.5 Å². The molecule has 0 aliphatic heterocycles. The monoisotopic (exact) mass is 434 g/mol. The molecule has 1 atom stereocenters. The van der Waals surface area contributed by atoms with Gasteiger partial charge in [0.05, 0.1) is 36.9 Å². The second-order valence-corrected chi connectivity index (χ2v) is 8.30. The zero-order valence-corrected chi connectivity index (χ0v) is 18.2. The number of carbonyl (C=O) groups excluding carboxylic acids is 2. The smallest absolute Gasteiger partial charge is 0.340 e. The molecule has 8 nitrogen and oxygen atoms in total. The van der Waals surface area contributed by atoms with Crippen molar-refractivity contribution in [1.29, 1.82) is 0 Å². The molecule has 1 N–H and O–H groups in total. The van der Waals surface area contributed by atoms with E-state index in [1.54, 1.807) is 56.3 Å². The van der Waals surface area contributed by atoms with Crippen molar-refractivity contribution < 1.29 is 27.5 Å². The van der Waals surface area contributed by atoms with Gasteiger partial charge in [-0.15, -0.1) is 0 Å². The van der Waals surface area contributed by atoms with Crippen LogP contribution in [-0.4, -0.2) is 46.3 Å². The van der Waals surface area contributed by atoms with Crippen molar-refractivity contribution in [3.8, 4) is 5.75 Å². The van der Waals surface area contributed by atoms with Crippen molar-refractivity contribution in [1.82, 2.24) is 0 Å². The minimum atomic E-state index is -3.80. The highest BCUT2D eigenvalue weighted by atomic mass is 32.2. The van der Waals surface area contributed by atoms with E-state index in [9.17, 15) is 18.0 Å². The number of ether oxygens (including phenoxy) is 2. The molecule has 0 aliphatic carbocycles. The normalized spacial score (nSPS) is 12.0. The van der Waals surface area contributed by atoms with Gasteiger partial charge in [0.2, 0.25) is 15.9 Å². The van der Waals surface area contributed by atoms with Gasteiger partial charge in [0.15, 0.2) is 0 Å². The van der Waals surface area contributed by atoms with Crippen LogP contribution in [-0.2, 0) is 19.6 Å². The van der Waals surface area contributed by atoms with Crippen molar-refractivity contribution in [2.75, 3.05) is 29.6 Å². The van der Waals surface area contributed by atoms with Crippen molar-refractivity contribution in [2.24, 2.45) is 0 Å². The van der Waals surface area contributed by atoms with Crippen molar-refractivity contribution >= 4 is 33.3 Å². The zero-order chi connectivity index (χ0) is 22.3. The number of nitrogens with one attached hydrogen (secondary N) is 1. The summed E-state index contributed by atoms with van der Waals surface area (Å²) in [5, 5.41) is 2.67. The number of para-hydroxylation sites is 1. The lowest BCUT2D eigenvalue weighted by Gasteiger charge is -2.30. The quantitative estimate of drug-likeness (QED) is 0.609. The summed E-state index contributed by atoms with van der Waals surface area (Å²) in [6.45, 7) is 3.58. The largest absolute Gasteiger partial charge is 0.497 e. The maximum Gasteiger partial charge on any atom is 0.340 e. The van der Waals surface area contributed by atoms with Crippen LogP contribution in [0.2, 0.25) is 0 Å². The number of benzene rings is 2. The second-order valence-electron chi connectivity index (χ2n) is 6.44. The lowest BCUT2D eigenvalue weighted by atomic mass is 10.1. The summed E-state index contributed by atoms with van der Waals surface area (Å²) in [5.74, 6) is -0.680. The Bertz CT molecular complexity index is 1010. The number of rotatable bonds is 9. The fourth-order valence-corrected chi connectivity index (χ4v) is 4.21. The van der Waals surface area contributed by atoms with Gasteiger partial charge >= 0.3 is 5.97 Å². The van der Waals surface area contributed by atoms with Crippen LogP contribution in [0.4, 0.5) is 11.4 Å². The molecule has 162 valence electrons. The van der Waals surface area contributed by atoms with E-state index in [0.29, 0.717) is 11.4 Å². The van der Waals surface area contributed by atoms with E-state index in [1.807, 2.05) is 0 Å². The van der Waals surface area contributed by atoms with E-state index in [2.05, 4.69) is 5.32 Å². The average molecular weight is 435 g/mol. The third-order valence-corrected chi connectivity index (χ3v) is 5.50. The Hall–Kier alpha value is -3.07. The number of esters is 1. The van der Waals surface area contributed by atoms with Gasteiger partial charge in [-0.3, -0.25) is 9.10 Å². The number of hydrogen-bond donors (Lipinski definition) is 1. The van der Waals surface area contributed by atoms with E-state index >= 15 is 0 Å². The summed E-state index contributed by atoms with van der Waals surface area (Å²) in [5.41, 5.74) is 0.742. The molecule has 0 aliphatic rings. The molecule has 0 spiro atoms. The van der Waals surface area contributed by atoms with Crippen molar-refractivity contribution in [3.05, 3.63) is 54.1 Å². The fourth-order valence-electron chi connectivity index (χ4n) is 3.00. The number of hydrogen-bond acceptors (Lipinski definition) is 6. The third-order valence-electron chi connectivity index (χ3n) is 4.32. The number of sulfonamides is 1. The molecule has 9 heteroatoms. The number of nitrogens with zero attached hydrogens (tertiary/aromatic N) is 1. The van der Waals surface area contributed by atoms with Gasteiger partial charge in [-0.2, -0.15) is 0 Å². The molecule has 30 heavy (non-hydrogen) atoms. The Kier molecular flexibility index (Phi) is 7.82. The zero-order valence-electron chi connectivity index (χ0n) is 17.4. The highest BCUT2D eigenvalue weighted by Crippen LogP contribution is 2.27. The first-order valence-corrected chi connectivity index (χ1v) is 11.3. The molecule has 0 bridgehead atoms. The fraction of sp³-hybridized carbons (Fsp3) is 0.333. The number of carbonyl (C=O) groups is 2. The summed E-state index contributed by atoms with van der Waals surface area (Å²) in [6, 6.07) is 11.8. The molecule has 2 aromatic rings. The van der Waals surface area contributed by atoms with Gasteiger partial charge in [-0.1, -0.05) is 25.1 Å². The molecule has 0 saturated carbocycles. The lowest BCUT2D eigenvalue weighted by Crippen LogP contribution is -2.47. The van der Waals surface area contributed by atoms with E-state index in [4.69, 9.17) is 9.47 Å². The highest BCUT2D eigenvalue weighted by Gasteiger charge is 2.32. The van der Waals surface area contributed by atoms with Crippen molar-refractivity contribution in [3.63, 3.8) is 0 Å². The van der Waals surface area contributed by atoms with E-state index < -0.39 is 27.9 Å². The molecule has 0 radical (unpaired) electrons. The number of anilines is 2. The van der Waals surface area contributed by atoms with Crippen LogP contribution in [0.3, 0.4) is 0 Å². The summed E-state index contributed by atoms with van der Waals surface area (Å²) in [4.78, 5) is 25.3. The summed E-state index contributed by atoms with van der Waals surface area (Å²) in [6.07, 6.45) is 1.24. The summed E-state index contributed by atoms with van der Waals surface area (Å²) < 4.78 is 36.4. The molecule has 0 aromatic heterocycles. The molecule has 0 fully saturated rings. The summed E-state index contributed by atoms with van der Waals surface area (Å²) >= 11 is 0. The number of amides is 1. The SMILES string of the molecule is CCOC(=O)c1ccccc1NC(=O)[C@H](CC)N(c1cccc(OC)c1)S(C)(=O)=O. The summed E-state index contributed by atoms with van der Waals surface area (Å²) in [7, 11) is -2.33. The number of methoxy groups -OCH3 is 1. The highest BCUT2D eigenvalue weighted by molar-refractivity contribution is 7.92. The first kappa shape index (κ1) is 23.2. The maximum atomic E-state index is 13.1. The predicted molar refractivity (Wildman–Crippen MR) is 115 cm³/mol. The first-order valence-electron chi connectivity index (χ1n) is 9.43. The van der Waals surface area contributed by atoms with Gasteiger partial charge in [0.1, 0.15) is 11.8 Å². The molecular weight excluding hydrogens is 408 g/mol. The van der Waals surface area contributed by atoms with Crippen molar-refractivity contribution in [2.45, 2.75) is 26.3 Å². The molecule has 0 unspecified atom stereocenters. The molecule has 1 amide bonds. The predicted octanol–water partition coefficient (Wildman–Crippen LogP) is 3.06. The second kappa shape index (κ2) is 10.1. The van der Waals surface area contributed by atoms with Gasteiger partial charge in [0.25, 0.3) is 0 Å². The van der Waals surface area contributed by atoms with Gasteiger partial charge in [-0.05, 0) is 37.6 Å². The average Bonchev–Trinajstić information content (AvgIpc) is 2.71. The van der Waals surface area contributed by atoms with E-state index in [0.717, 1.165) is 10.6 Å². The molecule has 2 aromatic carbocycles. The standard InChI is InChI=1S/C21H26N2O6S/c1-5-19(23(30(4,26)27)15-10-9-11-16(14-15)28-3)20(24)22-18-13-8-7-12-17(18)21(25)29-6-2/h7-14,19H,5-6H2,1-4H3,(H,22,24)/t19-/m0/s1. The Morgan fingerprint density at radius 2 is 1.80 bits per heavy atom.